The summed E-state index contributed by atoms with van der Waals surface area (Å²) in [7, 11) is 0. The summed E-state index contributed by atoms with van der Waals surface area (Å²) in [5.74, 6) is 0. The van der Waals surface area contributed by atoms with E-state index in [2.05, 4.69) is 25.2 Å². The fraction of sp³-hybridized carbons (Fsp3) is 0.571. The average Bonchev–Trinajstić information content (AvgIpc) is 1.80. The van der Waals surface area contributed by atoms with Gasteiger partial charge in [-0.05, 0) is 6.42 Å². The quantitative estimate of drug-likeness (QED) is 0.481. The summed E-state index contributed by atoms with van der Waals surface area (Å²) in [6, 6.07) is 0. The van der Waals surface area contributed by atoms with E-state index in [0.29, 0.717) is 4.99 Å². The molecule has 0 heterocycles. The SMILES string of the molecule is CCC/C=C/CC(N)=S. The fourth-order valence-electron chi connectivity index (χ4n) is 0.484. The number of hydrogen-bond acceptors (Lipinski definition) is 1. The molecular formula is C7H13NS. The van der Waals surface area contributed by atoms with Crippen molar-refractivity contribution in [3.63, 3.8) is 0 Å². The zero-order valence-electron chi connectivity index (χ0n) is 5.76. The van der Waals surface area contributed by atoms with E-state index in [1.807, 2.05) is 6.08 Å². The molecule has 0 aliphatic rings. The summed E-state index contributed by atoms with van der Waals surface area (Å²) in [4.78, 5) is 0.572. The largest absolute Gasteiger partial charge is 0.393 e. The third-order valence-electron chi connectivity index (χ3n) is 0.941. The highest BCUT2D eigenvalue weighted by atomic mass is 32.1. The second-order valence-electron chi connectivity index (χ2n) is 1.93. The molecule has 0 unspecified atom stereocenters. The molecule has 0 rings (SSSR count). The van der Waals surface area contributed by atoms with Gasteiger partial charge >= 0.3 is 0 Å². The highest BCUT2D eigenvalue weighted by Crippen LogP contribution is 1.90. The zero-order chi connectivity index (χ0) is 7.11. The lowest BCUT2D eigenvalue weighted by Crippen LogP contribution is -2.04. The van der Waals surface area contributed by atoms with Crippen molar-refractivity contribution in [3.8, 4) is 0 Å². The summed E-state index contributed by atoms with van der Waals surface area (Å²) < 4.78 is 0. The van der Waals surface area contributed by atoms with Crippen molar-refractivity contribution in [2.24, 2.45) is 5.73 Å². The number of hydrogen-bond donors (Lipinski definition) is 1. The summed E-state index contributed by atoms with van der Waals surface area (Å²) in [6.07, 6.45) is 7.19. The minimum Gasteiger partial charge on any atom is -0.393 e. The van der Waals surface area contributed by atoms with E-state index in [1.54, 1.807) is 0 Å². The number of thiocarbonyl (C=S) groups is 1. The Morgan fingerprint density at radius 3 is 2.67 bits per heavy atom. The van der Waals surface area contributed by atoms with E-state index in [9.17, 15) is 0 Å². The maximum atomic E-state index is 5.25. The van der Waals surface area contributed by atoms with Crippen LogP contribution in [0.25, 0.3) is 0 Å². The van der Waals surface area contributed by atoms with Crippen molar-refractivity contribution in [2.75, 3.05) is 0 Å². The van der Waals surface area contributed by atoms with Gasteiger partial charge in [0.2, 0.25) is 0 Å². The summed E-state index contributed by atoms with van der Waals surface area (Å²) in [6.45, 7) is 2.14. The molecule has 2 heteroatoms. The highest BCUT2D eigenvalue weighted by Gasteiger charge is 1.79. The molecule has 0 aliphatic carbocycles. The van der Waals surface area contributed by atoms with Crippen LogP contribution >= 0.6 is 12.2 Å². The van der Waals surface area contributed by atoms with Gasteiger partial charge in [0.1, 0.15) is 0 Å². The molecule has 0 aromatic heterocycles. The highest BCUT2D eigenvalue weighted by molar-refractivity contribution is 7.80. The van der Waals surface area contributed by atoms with Gasteiger partial charge in [0.15, 0.2) is 0 Å². The Labute approximate surface area is 61.9 Å². The van der Waals surface area contributed by atoms with Crippen molar-refractivity contribution < 1.29 is 0 Å². The van der Waals surface area contributed by atoms with Crippen LogP contribution in [0.2, 0.25) is 0 Å². The normalized spacial score (nSPS) is 10.3. The van der Waals surface area contributed by atoms with Crippen LogP contribution in [0.5, 0.6) is 0 Å². The molecule has 0 amide bonds. The van der Waals surface area contributed by atoms with Crippen LogP contribution in [0.1, 0.15) is 26.2 Å². The second kappa shape index (κ2) is 5.76. The van der Waals surface area contributed by atoms with Crippen LogP contribution in [0.4, 0.5) is 0 Å². The Morgan fingerprint density at radius 1 is 1.56 bits per heavy atom. The first kappa shape index (κ1) is 8.63. The first-order valence-corrected chi connectivity index (χ1v) is 3.61. The summed E-state index contributed by atoms with van der Waals surface area (Å²) in [5, 5.41) is 0. The van der Waals surface area contributed by atoms with Gasteiger partial charge in [-0.25, -0.2) is 0 Å². The van der Waals surface area contributed by atoms with Gasteiger partial charge in [-0.15, -0.1) is 0 Å². The zero-order valence-corrected chi connectivity index (χ0v) is 6.58. The average molecular weight is 143 g/mol. The number of rotatable bonds is 4. The fourth-order valence-corrected chi connectivity index (χ4v) is 0.580. The minimum absolute atomic E-state index is 0.572. The topological polar surface area (TPSA) is 26.0 Å². The maximum absolute atomic E-state index is 5.25. The Balaban J connectivity index is 3.14. The third kappa shape index (κ3) is 7.63. The smallest absolute Gasteiger partial charge is 0.0765 e. The molecule has 0 aromatic carbocycles. The van der Waals surface area contributed by atoms with Crippen molar-refractivity contribution in [1.82, 2.24) is 0 Å². The van der Waals surface area contributed by atoms with Crippen LogP contribution in [-0.4, -0.2) is 4.99 Å². The monoisotopic (exact) mass is 143 g/mol. The maximum Gasteiger partial charge on any atom is 0.0765 e. The molecular weight excluding hydrogens is 130 g/mol. The Morgan fingerprint density at radius 2 is 2.22 bits per heavy atom. The van der Waals surface area contributed by atoms with Crippen molar-refractivity contribution in [3.05, 3.63) is 12.2 Å². The van der Waals surface area contributed by atoms with Gasteiger partial charge < -0.3 is 5.73 Å². The molecule has 0 aliphatic heterocycles. The molecule has 0 saturated heterocycles. The van der Waals surface area contributed by atoms with Crippen LogP contribution in [0.3, 0.4) is 0 Å². The van der Waals surface area contributed by atoms with Gasteiger partial charge in [-0.3, -0.25) is 0 Å². The second-order valence-corrected chi connectivity index (χ2v) is 2.45. The molecule has 52 valence electrons. The van der Waals surface area contributed by atoms with E-state index in [0.717, 1.165) is 12.8 Å². The minimum atomic E-state index is 0.572. The predicted octanol–water partition coefficient (Wildman–Crippen LogP) is 2.02. The molecule has 0 fully saturated rings. The standard InChI is InChI=1S/C7H13NS/c1-2-3-4-5-6-7(8)9/h4-5H,2-3,6H2,1H3,(H2,8,9)/b5-4+. The molecule has 0 aromatic rings. The van der Waals surface area contributed by atoms with E-state index < -0.39 is 0 Å². The van der Waals surface area contributed by atoms with E-state index >= 15 is 0 Å². The van der Waals surface area contributed by atoms with Crippen LogP contribution < -0.4 is 5.73 Å². The Kier molecular flexibility index (Phi) is 5.52. The summed E-state index contributed by atoms with van der Waals surface area (Å²) >= 11 is 4.67. The van der Waals surface area contributed by atoms with Gasteiger partial charge in [-0.2, -0.15) is 0 Å². The molecule has 1 nitrogen and oxygen atoms in total. The summed E-state index contributed by atoms with van der Waals surface area (Å²) in [5.41, 5.74) is 5.25. The predicted molar refractivity (Wildman–Crippen MR) is 45.5 cm³/mol. The Hall–Kier alpha value is -0.370. The van der Waals surface area contributed by atoms with E-state index in [-0.39, 0.29) is 0 Å². The lowest BCUT2D eigenvalue weighted by Gasteiger charge is -1.86. The van der Waals surface area contributed by atoms with Crippen LogP contribution in [-0.2, 0) is 0 Å². The van der Waals surface area contributed by atoms with Crippen molar-refractivity contribution in [2.45, 2.75) is 26.2 Å². The molecule has 0 saturated carbocycles. The molecule has 0 spiro atoms. The van der Waals surface area contributed by atoms with Gasteiger partial charge in [-0.1, -0.05) is 37.7 Å². The van der Waals surface area contributed by atoms with E-state index in [4.69, 9.17) is 5.73 Å². The first-order chi connectivity index (χ1) is 4.27. The lowest BCUT2D eigenvalue weighted by atomic mass is 10.3. The molecule has 0 bridgehead atoms. The van der Waals surface area contributed by atoms with Crippen LogP contribution in [0, 0.1) is 0 Å². The molecule has 0 radical (unpaired) electrons. The Bertz CT molecular complexity index is 107. The van der Waals surface area contributed by atoms with Gasteiger partial charge in [0.05, 0.1) is 4.99 Å². The number of nitrogens with two attached hydrogens (primary N) is 1. The number of allylic oxidation sites excluding steroid dienone is 1. The molecule has 2 N–H and O–H groups in total. The van der Waals surface area contributed by atoms with Crippen molar-refractivity contribution in [1.29, 1.82) is 0 Å². The van der Waals surface area contributed by atoms with Crippen molar-refractivity contribution >= 4 is 17.2 Å². The number of unbranched alkanes of at least 4 members (excludes halogenated alkanes) is 1. The third-order valence-corrected chi connectivity index (χ3v) is 1.11. The van der Waals surface area contributed by atoms with Crippen LogP contribution in [0.15, 0.2) is 12.2 Å². The first-order valence-electron chi connectivity index (χ1n) is 3.20. The lowest BCUT2D eigenvalue weighted by molar-refractivity contribution is 0.955. The molecule has 9 heavy (non-hydrogen) atoms. The van der Waals surface area contributed by atoms with E-state index in [1.165, 1.54) is 6.42 Å². The van der Waals surface area contributed by atoms with Gasteiger partial charge in [0, 0.05) is 6.42 Å². The molecule has 0 atom stereocenters. The van der Waals surface area contributed by atoms with Gasteiger partial charge in [0.25, 0.3) is 0 Å².